The summed E-state index contributed by atoms with van der Waals surface area (Å²) in [4.78, 5) is 0. The van der Waals surface area contributed by atoms with Gasteiger partial charge in [0.05, 0.1) is 0 Å². The highest BCUT2D eigenvalue weighted by atomic mass is 35.5. The first-order chi connectivity index (χ1) is 13.0. The molecule has 0 aromatic heterocycles. The highest BCUT2D eigenvalue weighted by molar-refractivity contribution is 7.76. The molecule has 0 bridgehead atoms. The lowest BCUT2D eigenvalue weighted by Crippen LogP contribution is -2.31. The molecule has 0 saturated heterocycles. The standard InChI is InChI=1S/C23H25ClNOP/c1-18(2)17-23(19-13-15-20(24)16-14-19)25-27(26,21-9-5-3-6-10-21)22-11-7-4-8-12-22/h3-16,18,23H,17H2,1-2H3,(H,25,26). The van der Waals surface area contributed by atoms with E-state index < -0.39 is 7.29 Å². The second-order valence-electron chi connectivity index (χ2n) is 7.14. The first-order valence-electron chi connectivity index (χ1n) is 9.23. The molecule has 0 amide bonds. The lowest BCUT2D eigenvalue weighted by Gasteiger charge is -2.28. The molecule has 0 heterocycles. The third-order valence-corrected chi connectivity index (χ3v) is 7.53. The average molecular weight is 398 g/mol. The van der Waals surface area contributed by atoms with Crippen LogP contribution in [0.3, 0.4) is 0 Å². The van der Waals surface area contributed by atoms with Gasteiger partial charge in [0.2, 0.25) is 7.29 Å². The minimum absolute atomic E-state index is 0.0338. The smallest absolute Gasteiger partial charge is 0.205 e. The molecular formula is C23H25ClNOP. The van der Waals surface area contributed by atoms with Crippen molar-refractivity contribution in [2.45, 2.75) is 26.3 Å². The maximum atomic E-state index is 14.3. The second-order valence-corrected chi connectivity index (χ2v) is 10.1. The molecule has 0 aliphatic rings. The predicted molar refractivity (Wildman–Crippen MR) is 117 cm³/mol. The minimum atomic E-state index is -3.00. The van der Waals surface area contributed by atoms with Crippen molar-refractivity contribution < 1.29 is 4.57 Å². The maximum absolute atomic E-state index is 14.3. The van der Waals surface area contributed by atoms with Gasteiger partial charge in [-0.2, -0.15) is 0 Å². The Labute approximate surface area is 167 Å². The molecule has 4 heteroatoms. The summed E-state index contributed by atoms with van der Waals surface area (Å²) >= 11 is 6.07. The van der Waals surface area contributed by atoms with Gasteiger partial charge in [0, 0.05) is 21.7 Å². The molecule has 0 radical (unpaired) electrons. The van der Waals surface area contributed by atoms with E-state index in [4.69, 9.17) is 11.6 Å². The van der Waals surface area contributed by atoms with E-state index >= 15 is 0 Å². The highest BCUT2D eigenvalue weighted by Crippen LogP contribution is 2.43. The SMILES string of the molecule is CC(C)CC(NP(=O)(c1ccccc1)c1ccccc1)c1ccc(Cl)cc1. The Morgan fingerprint density at radius 3 is 1.74 bits per heavy atom. The van der Waals surface area contributed by atoms with E-state index in [1.807, 2.05) is 84.9 Å². The van der Waals surface area contributed by atoms with Crippen LogP contribution in [-0.2, 0) is 4.57 Å². The third kappa shape index (κ3) is 4.90. The number of rotatable bonds is 7. The number of hydrogen-bond acceptors (Lipinski definition) is 1. The first kappa shape index (κ1) is 19.9. The Bertz CT molecular complexity index is 851. The summed E-state index contributed by atoms with van der Waals surface area (Å²) in [6.45, 7) is 4.36. The van der Waals surface area contributed by atoms with Crippen LogP contribution in [0, 0.1) is 5.92 Å². The average Bonchev–Trinajstić information content (AvgIpc) is 2.69. The van der Waals surface area contributed by atoms with Crippen LogP contribution in [0.2, 0.25) is 5.02 Å². The summed E-state index contributed by atoms with van der Waals surface area (Å²) in [5.41, 5.74) is 1.10. The van der Waals surface area contributed by atoms with Crippen molar-refractivity contribution in [2.24, 2.45) is 5.92 Å². The van der Waals surface area contributed by atoms with Gasteiger partial charge in [-0.15, -0.1) is 0 Å². The molecule has 0 aliphatic carbocycles. The quantitative estimate of drug-likeness (QED) is 0.499. The first-order valence-corrected chi connectivity index (χ1v) is 11.3. The van der Waals surface area contributed by atoms with E-state index in [1.165, 1.54) is 0 Å². The Hall–Kier alpha value is -1.86. The second kappa shape index (κ2) is 8.89. The fourth-order valence-corrected chi connectivity index (χ4v) is 5.82. The molecule has 0 spiro atoms. The van der Waals surface area contributed by atoms with E-state index in [9.17, 15) is 4.57 Å². The topological polar surface area (TPSA) is 29.1 Å². The van der Waals surface area contributed by atoms with E-state index in [-0.39, 0.29) is 6.04 Å². The highest BCUT2D eigenvalue weighted by Gasteiger charge is 2.30. The molecular weight excluding hydrogens is 373 g/mol. The van der Waals surface area contributed by atoms with Crippen molar-refractivity contribution in [3.8, 4) is 0 Å². The van der Waals surface area contributed by atoms with Crippen LogP contribution in [0.15, 0.2) is 84.9 Å². The zero-order valence-electron chi connectivity index (χ0n) is 15.7. The van der Waals surface area contributed by atoms with E-state index in [0.29, 0.717) is 10.9 Å². The summed E-state index contributed by atoms with van der Waals surface area (Å²) in [6, 6.07) is 27.2. The van der Waals surface area contributed by atoms with Crippen LogP contribution in [0.25, 0.3) is 0 Å². The van der Waals surface area contributed by atoms with E-state index in [1.54, 1.807) is 0 Å². The van der Waals surface area contributed by atoms with Crippen LogP contribution in [0.5, 0.6) is 0 Å². The Morgan fingerprint density at radius 1 is 0.815 bits per heavy atom. The third-order valence-electron chi connectivity index (χ3n) is 4.56. The summed E-state index contributed by atoms with van der Waals surface area (Å²) in [6.07, 6.45) is 0.880. The van der Waals surface area contributed by atoms with Gasteiger partial charge in [-0.05, 0) is 54.3 Å². The van der Waals surface area contributed by atoms with Crippen molar-refractivity contribution in [3.63, 3.8) is 0 Å². The van der Waals surface area contributed by atoms with Crippen LogP contribution in [0.1, 0.15) is 31.9 Å². The number of nitrogens with one attached hydrogen (secondary N) is 1. The van der Waals surface area contributed by atoms with Gasteiger partial charge in [-0.3, -0.25) is 9.65 Å². The summed E-state index contributed by atoms with van der Waals surface area (Å²) in [5, 5.41) is 5.88. The fraction of sp³-hybridized carbons (Fsp3) is 0.217. The molecule has 2 nitrogen and oxygen atoms in total. The van der Waals surface area contributed by atoms with E-state index in [2.05, 4.69) is 18.9 Å². The van der Waals surface area contributed by atoms with Gasteiger partial charge >= 0.3 is 0 Å². The fourth-order valence-electron chi connectivity index (χ4n) is 3.22. The monoisotopic (exact) mass is 397 g/mol. The van der Waals surface area contributed by atoms with Crippen molar-refractivity contribution in [1.29, 1.82) is 0 Å². The van der Waals surface area contributed by atoms with Gasteiger partial charge in [0.15, 0.2) is 0 Å². The molecule has 1 atom stereocenters. The van der Waals surface area contributed by atoms with Crippen molar-refractivity contribution >= 4 is 29.5 Å². The van der Waals surface area contributed by atoms with Crippen LogP contribution >= 0.6 is 18.9 Å². The lowest BCUT2D eigenvalue weighted by atomic mass is 9.98. The molecule has 27 heavy (non-hydrogen) atoms. The Kier molecular flexibility index (Phi) is 6.55. The summed E-state index contributed by atoms with van der Waals surface area (Å²) in [7, 11) is -3.00. The summed E-state index contributed by atoms with van der Waals surface area (Å²) < 4.78 is 14.3. The Balaban J connectivity index is 2.05. The van der Waals surface area contributed by atoms with Crippen LogP contribution < -0.4 is 15.7 Å². The van der Waals surface area contributed by atoms with Crippen LogP contribution in [-0.4, -0.2) is 0 Å². The molecule has 3 aromatic rings. The molecule has 1 N–H and O–H groups in total. The lowest BCUT2D eigenvalue weighted by molar-refractivity contribution is 0.476. The molecule has 1 unspecified atom stereocenters. The van der Waals surface area contributed by atoms with Gasteiger partial charge in [-0.1, -0.05) is 74.0 Å². The molecule has 0 fully saturated rings. The normalized spacial score (nSPS) is 12.9. The van der Waals surface area contributed by atoms with Gasteiger partial charge < -0.3 is 0 Å². The van der Waals surface area contributed by atoms with Gasteiger partial charge in [0.1, 0.15) is 0 Å². The number of benzene rings is 3. The molecule has 140 valence electrons. The zero-order chi connectivity index (χ0) is 19.3. The maximum Gasteiger partial charge on any atom is 0.205 e. The Morgan fingerprint density at radius 2 is 1.30 bits per heavy atom. The van der Waals surface area contributed by atoms with Gasteiger partial charge in [-0.25, -0.2) is 0 Å². The van der Waals surface area contributed by atoms with E-state index in [0.717, 1.165) is 22.6 Å². The number of hydrogen-bond donors (Lipinski definition) is 1. The molecule has 3 aromatic carbocycles. The van der Waals surface area contributed by atoms with Crippen molar-refractivity contribution in [3.05, 3.63) is 95.5 Å². The van der Waals surface area contributed by atoms with Crippen molar-refractivity contribution in [2.75, 3.05) is 0 Å². The predicted octanol–water partition coefficient (Wildman–Crippen LogP) is 5.95. The molecule has 3 rings (SSSR count). The minimum Gasteiger partial charge on any atom is -0.297 e. The van der Waals surface area contributed by atoms with Gasteiger partial charge in [0.25, 0.3) is 0 Å². The molecule has 0 aliphatic heterocycles. The van der Waals surface area contributed by atoms with Crippen molar-refractivity contribution in [1.82, 2.24) is 5.09 Å². The number of halogens is 1. The largest absolute Gasteiger partial charge is 0.297 e. The zero-order valence-corrected chi connectivity index (χ0v) is 17.3. The van der Waals surface area contributed by atoms with Crippen LogP contribution in [0.4, 0.5) is 0 Å². The molecule has 0 saturated carbocycles. The summed E-state index contributed by atoms with van der Waals surface area (Å²) in [5.74, 6) is 0.457.